The normalized spacial score (nSPS) is 30.6. The molecule has 0 spiro atoms. The van der Waals surface area contributed by atoms with Gasteiger partial charge in [0.2, 0.25) is 5.13 Å². The van der Waals surface area contributed by atoms with Crippen molar-refractivity contribution >= 4 is 39.7 Å². The third-order valence-electron chi connectivity index (χ3n) is 7.21. The number of ketones is 1. The van der Waals surface area contributed by atoms with Crippen LogP contribution in [-0.2, 0) is 4.79 Å². The molecule has 28 heavy (non-hydrogen) atoms. The van der Waals surface area contributed by atoms with Gasteiger partial charge >= 0.3 is 0 Å². The van der Waals surface area contributed by atoms with Crippen molar-refractivity contribution in [2.45, 2.75) is 56.7 Å². The number of hydrogen-bond acceptors (Lipinski definition) is 6. The van der Waals surface area contributed by atoms with Crippen LogP contribution in [-0.4, -0.2) is 21.7 Å². The molecule has 4 bridgehead atoms. The minimum Gasteiger partial charge on any atom is -0.330 e. The number of carbonyl (C=O) groups is 1. The molecule has 6 rings (SSSR count). The van der Waals surface area contributed by atoms with E-state index < -0.39 is 0 Å². The summed E-state index contributed by atoms with van der Waals surface area (Å²) in [6, 6.07) is 6.22. The first-order chi connectivity index (χ1) is 13.5. The predicted octanol–water partition coefficient (Wildman–Crippen LogP) is 5.78. The van der Waals surface area contributed by atoms with Crippen molar-refractivity contribution in [1.29, 1.82) is 0 Å². The third-order valence-corrected chi connectivity index (χ3v) is 9.18. The van der Waals surface area contributed by atoms with E-state index in [-0.39, 0.29) is 5.41 Å². The molecule has 148 valence electrons. The molecule has 4 saturated carbocycles. The van der Waals surface area contributed by atoms with Gasteiger partial charge in [-0.3, -0.25) is 4.79 Å². The predicted molar refractivity (Wildman–Crippen MR) is 115 cm³/mol. The van der Waals surface area contributed by atoms with Crippen molar-refractivity contribution in [2.75, 3.05) is 11.1 Å². The van der Waals surface area contributed by atoms with Crippen LogP contribution in [0.4, 0.5) is 10.8 Å². The Morgan fingerprint density at radius 3 is 2.50 bits per heavy atom. The van der Waals surface area contributed by atoms with Crippen LogP contribution < -0.4 is 5.32 Å². The molecule has 1 aromatic heterocycles. The molecule has 4 fully saturated rings. The summed E-state index contributed by atoms with van der Waals surface area (Å²) >= 11 is 3.11. The maximum absolute atomic E-state index is 13.2. The number of carbonyl (C=O) groups excluding carboxylic acids is 1. The van der Waals surface area contributed by atoms with E-state index >= 15 is 0 Å². The summed E-state index contributed by atoms with van der Waals surface area (Å²) in [5, 5.41) is 12.7. The quantitative estimate of drug-likeness (QED) is 0.609. The first-order valence-corrected chi connectivity index (χ1v) is 12.1. The van der Waals surface area contributed by atoms with Gasteiger partial charge in [0, 0.05) is 11.1 Å². The largest absolute Gasteiger partial charge is 0.330 e. The topological polar surface area (TPSA) is 54.9 Å². The second-order valence-corrected chi connectivity index (χ2v) is 11.4. The lowest BCUT2D eigenvalue weighted by molar-refractivity contribution is -0.141. The molecule has 0 aliphatic heterocycles. The van der Waals surface area contributed by atoms with Crippen LogP contribution in [0.1, 0.15) is 49.7 Å². The van der Waals surface area contributed by atoms with E-state index in [1.165, 1.54) is 41.7 Å². The Bertz CT molecular complexity index is 872. The zero-order valence-electron chi connectivity index (χ0n) is 16.5. The second kappa shape index (κ2) is 7.13. The third kappa shape index (κ3) is 3.39. The van der Waals surface area contributed by atoms with Crippen LogP contribution in [0.15, 0.2) is 22.5 Å². The molecule has 1 heterocycles. The van der Waals surface area contributed by atoms with E-state index in [1.807, 2.05) is 6.07 Å². The lowest BCUT2D eigenvalue weighted by Crippen LogP contribution is -2.50. The molecular formula is C22H27N3OS2. The van der Waals surface area contributed by atoms with Crippen LogP contribution in [0.3, 0.4) is 0 Å². The zero-order valence-corrected chi connectivity index (χ0v) is 18.2. The number of aryl methyl sites for hydroxylation is 1. The highest BCUT2D eigenvalue weighted by atomic mass is 32.2. The van der Waals surface area contributed by atoms with Crippen LogP contribution in [0, 0.1) is 37.0 Å². The average Bonchev–Trinajstić information content (AvgIpc) is 3.10. The van der Waals surface area contributed by atoms with Gasteiger partial charge in [-0.1, -0.05) is 35.2 Å². The van der Waals surface area contributed by atoms with Gasteiger partial charge in [0.05, 0.1) is 5.75 Å². The standard InChI is InChI=1S/C22H27N3OS2/c1-13-4-3-5-18(14(13)2)23-20-24-25-21(28-20)27-12-19(26)22-9-15-6-16(10-22)8-17(7-15)11-22/h3-5,15-17H,6-12H2,1-2H3,(H,23,24). The van der Waals surface area contributed by atoms with E-state index in [4.69, 9.17) is 0 Å². The van der Waals surface area contributed by atoms with E-state index in [2.05, 4.69) is 41.5 Å². The maximum atomic E-state index is 13.2. The van der Waals surface area contributed by atoms with Crippen molar-refractivity contribution in [2.24, 2.45) is 23.2 Å². The summed E-state index contributed by atoms with van der Waals surface area (Å²) < 4.78 is 0.880. The number of hydrogen-bond donors (Lipinski definition) is 1. The maximum Gasteiger partial charge on any atom is 0.210 e. The summed E-state index contributed by atoms with van der Waals surface area (Å²) in [5.41, 5.74) is 3.54. The first kappa shape index (κ1) is 18.6. The second-order valence-electron chi connectivity index (χ2n) is 9.16. The van der Waals surface area contributed by atoms with Gasteiger partial charge in [-0.25, -0.2) is 0 Å². The smallest absolute Gasteiger partial charge is 0.210 e. The summed E-state index contributed by atoms with van der Waals surface area (Å²) in [4.78, 5) is 13.2. The number of rotatable bonds is 6. The Hall–Kier alpha value is -1.40. The van der Waals surface area contributed by atoms with Gasteiger partial charge in [0.15, 0.2) is 4.34 Å². The lowest BCUT2D eigenvalue weighted by Gasteiger charge is -2.56. The van der Waals surface area contributed by atoms with Crippen LogP contribution in [0.25, 0.3) is 0 Å². The minimum atomic E-state index is -0.00774. The fourth-order valence-electron chi connectivity index (χ4n) is 6.05. The zero-order chi connectivity index (χ0) is 19.3. The van der Waals surface area contributed by atoms with E-state index in [0.717, 1.165) is 52.2 Å². The highest BCUT2D eigenvalue weighted by Gasteiger charge is 2.54. The van der Waals surface area contributed by atoms with Crippen molar-refractivity contribution in [3.8, 4) is 0 Å². The molecular weight excluding hydrogens is 386 g/mol. The molecule has 4 aliphatic carbocycles. The number of thioether (sulfide) groups is 1. The first-order valence-electron chi connectivity index (χ1n) is 10.3. The van der Waals surface area contributed by atoms with E-state index in [0.29, 0.717) is 11.5 Å². The molecule has 0 atom stereocenters. The fraction of sp³-hybridized carbons (Fsp3) is 0.591. The summed E-state index contributed by atoms with van der Waals surface area (Å²) in [6.45, 7) is 4.22. The molecule has 2 aromatic rings. The van der Waals surface area contributed by atoms with Crippen LogP contribution >= 0.6 is 23.1 Å². The number of Topliss-reactive ketones (excluding diaryl/α,β-unsaturated/α-hetero) is 1. The van der Waals surface area contributed by atoms with Gasteiger partial charge in [0.25, 0.3) is 0 Å². The Balaban J connectivity index is 1.22. The van der Waals surface area contributed by atoms with Crippen LogP contribution in [0.2, 0.25) is 0 Å². The summed E-state index contributed by atoms with van der Waals surface area (Å²) in [5.74, 6) is 3.46. The van der Waals surface area contributed by atoms with E-state index in [1.54, 1.807) is 11.8 Å². The number of nitrogens with one attached hydrogen (secondary N) is 1. The van der Waals surface area contributed by atoms with Gasteiger partial charge in [-0.2, -0.15) is 0 Å². The Morgan fingerprint density at radius 2 is 1.82 bits per heavy atom. The van der Waals surface area contributed by atoms with Crippen molar-refractivity contribution in [3.63, 3.8) is 0 Å². The van der Waals surface area contributed by atoms with Crippen molar-refractivity contribution < 1.29 is 4.79 Å². The number of benzene rings is 1. The van der Waals surface area contributed by atoms with Gasteiger partial charge in [0.1, 0.15) is 5.78 Å². The minimum absolute atomic E-state index is 0.00774. The van der Waals surface area contributed by atoms with Crippen LogP contribution in [0.5, 0.6) is 0 Å². The van der Waals surface area contributed by atoms with Gasteiger partial charge < -0.3 is 5.32 Å². The monoisotopic (exact) mass is 413 g/mol. The number of nitrogens with zero attached hydrogens (tertiary/aromatic N) is 2. The molecule has 0 amide bonds. The SMILES string of the molecule is Cc1cccc(Nc2nnc(SCC(=O)C34CC5CC(CC(C5)C3)C4)s2)c1C. The molecule has 1 aromatic carbocycles. The molecule has 6 heteroatoms. The molecule has 0 radical (unpaired) electrons. The molecule has 0 unspecified atom stereocenters. The molecule has 0 saturated heterocycles. The molecule has 1 N–H and O–H groups in total. The summed E-state index contributed by atoms with van der Waals surface area (Å²) in [7, 11) is 0. The van der Waals surface area contributed by atoms with Gasteiger partial charge in [-0.05, 0) is 87.3 Å². The Labute approximate surface area is 174 Å². The van der Waals surface area contributed by atoms with E-state index in [9.17, 15) is 4.79 Å². The number of aromatic nitrogens is 2. The molecule has 4 nitrogen and oxygen atoms in total. The van der Waals surface area contributed by atoms with Crippen molar-refractivity contribution in [1.82, 2.24) is 10.2 Å². The Morgan fingerprint density at radius 1 is 1.14 bits per heavy atom. The highest BCUT2D eigenvalue weighted by molar-refractivity contribution is 8.01. The number of anilines is 2. The summed E-state index contributed by atoms with van der Waals surface area (Å²) in [6.07, 6.45) is 7.58. The molecule has 4 aliphatic rings. The van der Waals surface area contributed by atoms with Gasteiger partial charge in [-0.15, -0.1) is 10.2 Å². The fourth-order valence-corrected chi connectivity index (χ4v) is 7.85. The highest BCUT2D eigenvalue weighted by Crippen LogP contribution is 2.60. The van der Waals surface area contributed by atoms with Crippen molar-refractivity contribution in [3.05, 3.63) is 29.3 Å². The lowest BCUT2D eigenvalue weighted by atomic mass is 9.48. The average molecular weight is 414 g/mol. The Kier molecular flexibility index (Phi) is 4.74.